The van der Waals surface area contributed by atoms with Crippen molar-refractivity contribution in [3.63, 3.8) is 0 Å². The smallest absolute Gasteiger partial charge is 0.250 e. The van der Waals surface area contributed by atoms with Crippen molar-refractivity contribution >= 4 is 151 Å². The summed E-state index contributed by atoms with van der Waals surface area (Å²) < 4.78 is 0. The number of H-pyrrole nitrogens is 3. The lowest BCUT2D eigenvalue weighted by molar-refractivity contribution is -0.149. The van der Waals surface area contributed by atoms with Gasteiger partial charge in [-0.15, -0.1) is 11.8 Å². The zero-order valence-electron chi connectivity index (χ0n) is 77.3. The zero-order valence-corrected chi connectivity index (χ0v) is 78.1. The van der Waals surface area contributed by atoms with Crippen LogP contribution in [-0.2, 0) is 107 Å². The lowest BCUT2D eigenvalue weighted by Crippen LogP contribution is -2.62. The minimum Gasteiger partial charge on any atom is -0.399 e. The molecule has 136 heavy (non-hydrogen) atoms. The number of primary amides is 2. The molecule has 17 amide bonds. The van der Waals surface area contributed by atoms with Crippen molar-refractivity contribution in [1.82, 2.24) is 98.0 Å². The number of carbonyl (C=O) groups is 17. The number of aromatic nitrogens is 4. The second-order valence-corrected chi connectivity index (χ2v) is 36.3. The first-order chi connectivity index (χ1) is 64.9. The largest absolute Gasteiger partial charge is 0.399 e. The second kappa shape index (κ2) is 49.0. The molecule has 4 aliphatic heterocycles. The molecule has 0 radical (unpaired) electrons. The van der Waals surface area contributed by atoms with Crippen molar-refractivity contribution in [2.75, 3.05) is 69.0 Å². The molecule has 0 saturated carbocycles. The Labute approximate surface area is 789 Å². The number of unbranched alkanes of at least 4 members (excludes halogenated alkanes) is 2. The predicted octanol–water partition coefficient (Wildman–Crippen LogP) is -2.77. The van der Waals surface area contributed by atoms with E-state index in [2.05, 4.69) is 78.4 Å². The standard InChI is InChI=1S/C91H127N25O19S/c1-8-10-23-69-83(128)104-60(22-16-30-98-91(95)96)79(124)111-68(78(123)101-42-75(94)120)45-136-46-76(121)103-66-33-50-26-27-53(92)36-72(50)116(89(66)134)49(5)77(122)105-61(28-29-74(93)119)87(132)114-31-17-25-70(114)84(129)107-63(37-54-41-97-47-102-54)81(126)108-64(32-48(3)4)88(133)115-43-55(118)38-73(115)85(130)106-62(34-51-39-99-58-20-14-12-18-56(51)58)80(125)110-67(44-117)82(127)109-65(35-52-40-100-59-21-15-13-19-57(52)59)86(131)113(7)71(24-11-9-2)90(135)112(69)6/h12-15,18-21,26-27,36,39-41,47-49,55,60-71,73,99-100,117-118H,8-11,16-17,22-25,28-35,37-38,42-46,92H2,1-7H3,(H2,93,119)(H2,94,120)(H,97,102)(H,101,123)(H,103,121)(H,104,128)(H,105,122)(H,106,130)(H,107,129)(H,108,126)(H,109,127)(H,110,125)(H,111,124)(H4,95,96,98)/t49-,55+,60-,61-,62-,63-,64-,65-,66-,67-,68-,69-,70-,71-,73?/m0/s1. The Hall–Kier alpha value is -13.7. The van der Waals surface area contributed by atoms with Crippen molar-refractivity contribution in [1.29, 1.82) is 5.41 Å². The first kappa shape index (κ1) is 104. The molecule has 45 heteroatoms. The molecule has 7 heterocycles. The van der Waals surface area contributed by atoms with Gasteiger partial charge in [0.25, 0.3) is 5.91 Å². The fourth-order valence-electron chi connectivity index (χ4n) is 17.5. The van der Waals surface area contributed by atoms with Gasteiger partial charge in [-0.2, -0.15) is 0 Å². The van der Waals surface area contributed by atoms with Gasteiger partial charge in [-0.1, -0.05) is 95.8 Å². The normalized spacial score (nSPS) is 24.9. The average Bonchev–Trinajstić information content (AvgIpc) is 1.09. The van der Waals surface area contributed by atoms with E-state index in [9.17, 15) is 39.0 Å². The van der Waals surface area contributed by atoms with Crippen LogP contribution in [0.1, 0.15) is 147 Å². The number of aliphatic hydroxyl groups excluding tert-OH is 2. The van der Waals surface area contributed by atoms with E-state index in [0.29, 0.717) is 69.9 Å². The van der Waals surface area contributed by atoms with Crippen LogP contribution in [0.5, 0.6) is 0 Å². The van der Waals surface area contributed by atoms with Crippen LogP contribution >= 0.6 is 11.8 Å². The monoisotopic (exact) mass is 1910 g/mol. The number of nitrogen functional groups attached to an aromatic ring is 1. The van der Waals surface area contributed by atoms with Gasteiger partial charge in [0.2, 0.25) is 94.5 Å². The number of nitrogens with zero attached hydrogens (tertiary/aromatic N) is 6. The van der Waals surface area contributed by atoms with Gasteiger partial charge >= 0.3 is 0 Å². The summed E-state index contributed by atoms with van der Waals surface area (Å²) in [5.74, 6) is -17.2. The molecule has 3 saturated heterocycles. The second-order valence-electron chi connectivity index (χ2n) is 35.3. The van der Waals surface area contributed by atoms with Crippen LogP contribution in [0.15, 0.2) is 91.6 Å². The number of rotatable bonds is 25. The highest BCUT2D eigenvalue weighted by Crippen LogP contribution is 2.34. The minimum atomic E-state index is -1.89. The molecule has 3 aromatic heterocycles. The summed E-state index contributed by atoms with van der Waals surface area (Å²) in [4.78, 5) is 270. The fraction of sp³-hybridized carbons (Fsp3) is 0.527. The number of nitrogens with one attached hydrogen (secondary N) is 15. The number of hydrogen-bond donors (Lipinski definition) is 21. The summed E-state index contributed by atoms with van der Waals surface area (Å²) in [6.45, 7) is 6.16. The van der Waals surface area contributed by atoms with Gasteiger partial charge in [0.05, 0.1) is 31.3 Å². The number of fused-ring (bicyclic) bond motifs is 8. The molecule has 2 bridgehead atoms. The number of para-hydroxylation sites is 2. The van der Waals surface area contributed by atoms with Gasteiger partial charge in [0, 0.05) is 135 Å². The van der Waals surface area contributed by atoms with E-state index in [4.69, 9.17) is 28.3 Å². The number of aromatic amines is 3. The molecule has 15 atom stereocenters. The van der Waals surface area contributed by atoms with E-state index < -0.39 is 241 Å². The van der Waals surface area contributed by atoms with Crippen LogP contribution in [-0.4, -0.2) is 305 Å². The lowest BCUT2D eigenvalue weighted by Gasteiger charge is -2.38. The maximum atomic E-state index is 15.8. The number of imidazole rings is 1. The van der Waals surface area contributed by atoms with Gasteiger partial charge in [0.1, 0.15) is 84.6 Å². The number of likely N-dealkylation sites (N-methyl/N-ethyl adjacent to an activating group) is 2. The lowest BCUT2D eigenvalue weighted by atomic mass is 9.95. The summed E-state index contributed by atoms with van der Waals surface area (Å²) in [7, 11) is 2.70. The molecule has 3 fully saturated rings. The van der Waals surface area contributed by atoms with Crippen molar-refractivity contribution in [3.05, 3.63) is 114 Å². The Morgan fingerprint density at radius 1 is 0.588 bits per heavy atom. The summed E-state index contributed by atoms with van der Waals surface area (Å²) in [6.07, 6.45) is 3.89. The van der Waals surface area contributed by atoms with Crippen LogP contribution in [0, 0.1) is 11.3 Å². The minimum absolute atomic E-state index is 0.00545. The van der Waals surface area contributed by atoms with E-state index in [1.54, 1.807) is 80.8 Å². The van der Waals surface area contributed by atoms with Crippen molar-refractivity contribution < 1.29 is 91.7 Å². The molecule has 736 valence electrons. The Balaban J connectivity index is 1.02. The molecule has 25 N–H and O–H groups in total. The number of benzene rings is 3. The Bertz CT molecular complexity index is 5340. The third-order valence-electron chi connectivity index (χ3n) is 24.7. The van der Waals surface area contributed by atoms with Crippen molar-refractivity contribution in [2.24, 2.45) is 23.1 Å². The van der Waals surface area contributed by atoms with Crippen molar-refractivity contribution in [3.8, 4) is 0 Å². The quantitative estimate of drug-likeness (QED) is 0.0119. The summed E-state index contributed by atoms with van der Waals surface area (Å²) >= 11 is 0.791. The Morgan fingerprint density at radius 3 is 1.78 bits per heavy atom. The van der Waals surface area contributed by atoms with Crippen molar-refractivity contribution in [2.45, 2.75) is 241 Å². The van der Waals surface area contributed by atoms with E-state index in [1.807, 2.05) is 13.8 Å². The number of aliphatic hydroxyl groups is 2. The molecular weight excluding hydrogens is 1780 g/mol. The number of nitrogens with two attached hydrogens (primary N) is 4. The highest BCUT2D eigenvalue weighted by atomic mass is 32.2. The number of amides is 17. The third-order valence-corrected chi connectivity index (χ3v) is 25.7. The maximum Gasteiger partial charge on any atom is 0.250 e. The zero-order chi connectivity index (χ0) is 98.9. The van der Waals surface area contributed by atoms with Gasteiger partial charge in [-0.3, -0.25) is 91.8 Å². The van der Waals surface area contributed by atoms with Gasteiger partial charge < -0.3 is 126 Å². The summed E-state index contributed by atoms with van der Waals surface area (Å²) in [5.41, 5.74) is 26.4. The maximum absolute atomic E-state index is 15.8. The van der Waals surface area contributed by atoms with E-state index >= 15 is 52.7 Å². The van der Waals surface area contributed by atoms with E-state index in [1.165, 1.54) is 45.7 Å². The van der Waals surface area contributed by atoms with Gasteiger partial charge in [0.15, 0.2) is 5.96 Å². The summed E-state index contributed by atoms with van der Waals surface area (Å²) in [5, 5.41) is 61.3. The van der Waals surface area contributed by atoms with Crippen LogP contribution in [0.25, 0.3) is 21.8 Å². The first-order valence-corrected chi connectivity index (χ1v) is 47.0. The topological polar surface area (TPSA) is 667 Å². The Kier molecular flexibility index (Phi) is 37.6. The average molecular weight is 1910 g/mol. The Morgan fingerprint density at radius 2 is 1.16 bits per heavy atom. The molecule has 0 aliphatic carbocycles. The molecule has 44 nitrogen and oxygen atoms in total. The van der Waals surface area contributed by atoms with Gasteiger partial charge in [-0.05, 0) is 105 Å². The molecule has 3 aromatic carbocycles. The molecule has 10 rings (SSSR count). The van der Waals surface area contributed by atoms with Gasteiger partial charge in [-0.25, -0.2) is 4.98 Å². The number of guanidine groups is 1. The predicted molar refractivity (Wildman–Crippen MR) is 502 cm³/mol. The fourth-order valence-corrected chi connectivity index (χ4v) is 18.3. The highest BCUT2D eigenvalue weighted by Gasteiger charge is 2.48. The molecule has 0 spiro atoms. The first-order valence-electron chi connectivity index (χ1n) is 45.8. The SMILES string of the molecule is CCCC[C@H]1C(=O)N(C)[C@@H](CCCC)C(=O)N[C@@H](CCCNC(=N)N)C(=O)N[C@H](C(=O)NCC(N)=O)CSCC(=O)N[C@H]2Cc3ccc(N)cc3N(C2=O)[C@@H](C)C(=O)N[C@@H](CCC(N)=O)C(=O)N2CCC[C@H]2C(=O)N[C@@H](Cc2cnc[nH]2)C(=O)N[C@@H](CC(C)C)C(=O)N2C[C@H](O)CC2C(=O)N[C@@H](Cc2c[nH]c3ccccc23)C(=O)N[C@@H](CO)C(=O)N[C@@H](Cc2c[nH]c3ccccc23)C(=O)N1C. The van der Waals surface area contributed by atoms with Crippen LogP contribution in [0.2, 0.25) is 0 Å². The molecule has 1 unspecified atom stereocenters. The van der Waals surface area contributed by atoms with Crippen LogP contribution in [0.4, 0.5) is 11.4 Å². The molecule has 6 aromatic rings. The number of thioether (sulfide) groups is 1. The molecular formula is C91H127N25O19S. The number of carbonyl (C=O) groups excluding carboxylic acids is 17. The highest BCUT2D eigenvalue weighted by molar-refractivity contribution is 8.00. The van der Waals surface area contributed by atoms with Crippen LogP contribution < -0.4 is 86.3 Å². The number of hydrogen-bond acceptors (Lipinski definition) is 23. The number of anilines is 2. The van der Waals surface area contributed by atoms with E-state index in [-0.39, 0.29) is 107 Å². The molecule has 4 aliphatic rings. The third kappa shape index (κ3) is 27.5. The van der Waals surface area contributed by atoms with Crippen LogP contribution in [0.3, 0.4) is 0 Å². The van der Waals surface area contributed by atoms with E-state index in [0.717, 1.165) is 36.3 Å². The summed E-state index contributed by atoms with van der Waals surface area (Å²) in [6, 6.07) is -2.87.